The van der Waals surface area contributed by atoms with Crippen molar-refractivity contribution in [1.29, 1.82) is 0 Å². The Bertz CT molecular complexity index is 888. The molecule has 2 heterocycles. The number of carbonyl (C=O) groups excluding carboxylic acids is 2. The van der Waals surface area contributed by atoms with Crippen LogP contribution in [0.3, 0.4) is 0 Å². The molecule has 2 aliphatic heterocycles. The van der Waals surface area contributed by atoms with Crippen molar-refractivity contribution >= 4 is 17.6 Å². The molecule has 0 aromatic heterocycles. The van der Waals surface area contributed by atoms with E-state index in [1.54, 1.807) is 29.2 Å². The topological polar surface area (TPSA) is 79.9 Å². The van der Waals surface area contributed by atoms with Gasteiger partial charge in [0, 0.05) is 31.3 Å². The molecule has 2 N–H and O–H groups in total. The molecule has 2 aliphatic rings. The molecule has 0 spiro atoms. The fraction of sp³-hybridized carbons (Fsp3) is 0.300. The number of amides is 3. The zero-order valence-electron chi connectivity index (χ0n) is 15.1. The Hall–Kier alpha value is -3.29. The number of benzene rings is 2. The zero-order valence-corrected chi connectivity index (χ0v) is 15.1. The van der Waals surface area contributed by atoms with Gasteiger partial charge in [-0.1, -0.05) is 12.1 Å². The molecule has 3 amide bonds. The zero-order chi connectivity index (χ0) is 19.5. The van der Waals surface area contributed by atoms with Crippen LogP contribution in [0.2, 0.25) is 0 Å². The highest BCUT2D eigenvalue weighted by Gasteiger charge is 2.32. The van der Waals surface area contributed by atoms with Gasteiger partial charge in [-0.15, -0.1) is 0 Å². The summed E-state index contributed by atoms with van der Waals surface area (Å²) in [5.41, 5.74) is 1.50. The number of rotatable bonds is 4. The van der Waals surface area contributed by atoms with Crippen LogP contribution in [0.1, 0.15) is 12.0 Å². The van der Waals surface area contributed by atoms with Crippen molar-refractivity contribution in [3.05, 3.63) is 53.8 Å². The highest BCUT2D eigenvalue weighted by atomic mass is 19.1. The minimum atomic E-state index is -0.369. The van der Waals surface area contributed by atoms with E-state index in [4.69, 9.17) is 9.47 Å². The van der Waals surface area contributed by atoms with Gasteiger partial charge in [0.1, 0.15) is 19.0 Å². The van der Waals surface area contributed by atoms with Gasteiger partial charge in [-0.25, -0.2) is 9.18 Å². The summed E-state index contributed by atoms with van der Waals surface area (Å²) < 4.78 is 24.0. The van der Waals surface area contributed by atoms with E-state index in [1.165, 1.54) is 12.1 Å². The fourth-order valence-corrected chi connectivity index (χ4v) is 3.27. The van der Waals surface area contributed by atoms with Crippen LogP contribution in [0.5, 0.6) is 11.5 Å². The average Bonchev–Trinajstić information content (AvgIpc) is 3.07. The predicted molar refractivity (Wildman–Crippen MR) is 100.0 cm³/mol. The van der Waals surface area contributed by atoms with E-state index in [0.29, 0.717) is 36.9 Å². The molecule has 2 aromatic carbocycles. The summed E-state index contributed by atoms with van der Waals surface area (Å²) in [4.78, 5) is 26.1. The summed E-state index contributed by atoms with van der Waals surface area (Å²) in [5, 5.41) is 5.53. The molecule has 0 radical (unpaired) electrons. The maximum absolute atomic E-state index is 12.9. The largest absolute Gasteiger partial charge is 0.486 e. The van der Waals surface area contributed by atoms with Crippen molar-refractivity contribution in [1.82, 2.24) is 10.6 Å². The molecule has 2 aromatic rings. The standard InChI is InChI=1S/C20H20FN3O4/c21-14-3-1-13(2-4-14)11-22-20(26)23-15-9-19(25)24(12-15)16-5-6-17-18(10-16)28-8-7-27-17/h1-6,10,15H,7-9,11-12H2,(H2,22,23,26)/t15-/m1/s1. The molecule has 1 saturated heterocycles. The van der Waals surface area contributed by atoms with Crippen molar-refractivity contribution in [2.45, 2.75) is 19.0 Å². The maximum Gasteiger partial charge on any atom is 0.315 e. The quantitative estimate of drug-likeness (QED) is 0.846. The lowest BCUT2D eigenvalue weighted by molar-refractivity contribution is -0.117. The van der Waals surface area contributed by atoms with E-state index < -0.39 is 0 Å². The van der Waals surface area contributed by atoms with Crippen LogP contribution in [-0.4, -0.2) is 37.7 Å². The first-order valence-electron chi connectivity index (χ1n) is 9.07. The number of nitrogens with one attached hydrogen (secondary N) is 2. The first-order valence-corrected chi connectivity index (χ1v) is 9.07. The van der Waals surface area contributed by atoms with Gasteiger partial charge in [-0.3, -0.25) is 4.79 Å². The van der Waals surface area contributed by atoms with Crippen molar-refractivity contribution in [2.75, 3.05) is 24.7 Å². The van der Waals surface area contributed by atoms with E-state index >= 15 is 0 Å². The molecule has 1 fully saturated rings. The molecule has 1 atom stereocenters. The smallest absolute Gasteiger partial charge is 0.315 e. The van der Waals surface area contributed by atoms with Gasteiger partial charge >= 0.3 is 6.03 Å². The monoisotopic (exact) mass is 385 g/mol. The lowest BCUT2D eigenvalue weighted by atomic mass is 10.2. The molecule has 4 rings (SSSR count). The molecule has 0 bridgehead atoms. The molecular weight excluding hydrogens is 365 g/mol. The second-order valence-electron chi connectivity index (χ2n) is 6.69. The van der Waals surface area contributed by atoms with Crippen molar-refractivity contribution in [3.63, 3.8) is 0 Å². The summed E-state index contributed by atoms with van der Waals surface area (Å²) in [5.74, 6) is 0.888. The molecule has 0 unspecified atom stereocenters. The molecule has 28 heavy (non-hydrogen) atoms. The highest BCUT2D eigenvalue weighted by Crippen LogP contribution is 2.35. The molecule has 7 nitrogen and oxygen atoms in total. The normalized spacial score (nSPS) is 18.1. The second-order valence-corrected chi connectivity index (χ2v) is 6.69. The predicted octanol–water partition coefficient (Wildman–Crippen LogP) is 2.20. The molecule has 0 saturated carbocycles. The van der Waals surface area contributed by atoms with Gasteiger partial charge in [0.25, 0.3) is 0 Å². The van der Waals surface area contributed by atoms with E-state index in [2.05, 4.69) is 10.6 Å². The van der Waals surface area contributed by atoms with Crippen molar-refractivity contribution in [2.24, 2.45) is 0 Å². The summed E-state index contributed by atoms with van der Waals surface area (Å²) in [6.45, 7) is 1.64. The van der Waals surface area contributed by atoms with Crippen LogP contribution in [-0.2, 0) is 11.3 Å². The second kappa shape index (κ2) is 7.75. The summed E-state index contributed by atoms with van der Waals surface area (Å²) in [6, 6.07) is 10.6. The number of urea groups is 1. The minimum absolute atomic E-state index is 0.0690. The maximum atomic E-state index is 12.9. The molecule has 0 aliphatic carbocycles. The van der Waals surface area contributed by atoms with E-state index in [-0.39, 0.29) is 36.8 Å². The fourth-order valence-electron chi connectivity index (χ4n) is 3.27. The first-order chi connectivity index (χ1) is 13.6. The minimum Gasteiger partial charge on any atom is -0.486 e. The highest BCUT2D eigenvalue weighted by molar-refractivity contribution is 5.97. The van der Waals surface area contributed by atoms with Gasteiger partial charge in [0.2, 0.25) is 5.91 Å². The number of ether oxygens (including phenoxy) is 2. The van der Waals surface area contributed by atoms with Crippen LogP contribution in [0.15, 0.2) is 42.5 Å². The van der Waals surface area contributed by atoms with Gasteiger partial charge in [-0.2, -0.15) is 0 Å². The Morgan fingerprint density at radius 3 is 2.64 bits per heavy atom. The number of fused-ring (bicyclic) bond motifs is 1. The number of anilines is 1. The number of hydrogen-bond acceptors (Lipinski definition) is 4. The van der Waals surface area contributed by atoms with Crippen molar-refractivity contribution in [3.8, 4) is 11.5 Å². The number of nitrogens with zero attached hydrogens (tertiary/aromatic N) is 1. The molecule has 8 heteroatoms. The van der Waals surface area contributed by atoms with Crippen LogP contribution in [0.25, 0.3) is 0 Å². The van der Waals surface area contributed by atoms with Gasteiger partial charge in [-0.05, 0) is 29.8 Å². The summed E-state index contributed by atoms with van der Waals surface area (Å²) in [7, 11) is 0. The van der Waals surface area contributed by atoms with E-state index in [9.17, 15) is 14.0 Å². The Morgan fingerprint density at radius 2 is 1.86 bits per heavy atom. The summed E-state index contributed by atoms with van der Waals surface area (Å²) in [6.07, 6.45) is 0.221. The third-order valence-electron chi connectivity index (χ3n) is 4.66. The Balaban J connectivity index is 1.33. The third kappa shape index (κ3) is 4.00. The lowest BCUT2D eigenvalue weighted by Crippen LogP contribution is -2.43. The van der Waals surface area contributed by atoms with Crippen LogP contribution < -0.4 is 25.0 Å². The Kier molecular flexibility index (Phi) is 5.01. The van der Waals surface area contributed by atoms with E-state index in [1.807, 2.05) is 6.07 Å². The van der Waals surface area contributed by atoms with Crippen molar-refractivity contribution < 1.29 is 23.5 Å². The van der Waals surface area contributed by atoms with Crippen LogP contribution >= 0.6 is 0 Å². The van der Waals surface area contributed by atoms with Crippen LogP contribution in [0.4, 0.5) is 14.9 Å². The van der Waals surface area contributed by atoms with Gasteiger partial charge in [0.05, 0.1) is 6.04 Å². The Labute approximate surface area is 161 Å². The average molecular weight is 385 g/mol. The van der Waals surface area contributed by atoms with E-state index in [0.717, 1.165) is 5.56 Å². The number of carbonyl (C=O) groups is 2. The molecular formula is C20H20FN3O4. The Morgan fingerprint density at radius 1 is 1.11 bits per heavy atom. The first kappa shape index (κ1) is 18.1. The number of hydrogen-bond donors (Lipinski definition) is 2. The summed E-state index contributed by atoms with van der Waals surface area (Å²) >= 11 is 0. The van der Waals surface area contributed by atoms with Gasteiger partial charge in [0.15, 0.2) is 11.5 Å². The molecule has 146 valence electrons. The van der Waals surface area contributed by atoms with Crippen LogP contribution in [0, 0.1) is 5.82 Å². The lowest BCUT2D eigenvalue weighted by Gasteiger charge is -2.22. The SMILES string of the molecule is O=C(NCc1ccc(F)cc1)N[C@@H]1CC(=O)N(c2ccc3c(c2)OCCO3)C1. The third-order valence-corrected chi connectivity index (χ3v) is 4.66. The number of halogens is 1. The van der Waals surface area contributed by atoms with Gasteiger partial charge < -0.3 is 25.0 Å².